The zero-order valence-corrected chi connectivity index (χ0v) is 34.3. The predicted octanol–water partition coefficient (Wildman–Crippen LogP) is 9.88. The van der Waals surface area contributed by atoms with Gasteiger partial charge in [0.05, 0.1) is 22.1 Å². The molecule has 0 amide bonds. The van der Waals surface area contributed by atoms with Crippen LogP contribution in [-0.4, -0.2) is 25.8 Å². The van der Waals surface area contributed by atoms with E-state index in [4.69, 9.17) is 9.97 Å². The zero-order chi connectivity index (χ0) is 37.5. The summed E-state index contributed by atoms with van der Waals surface area (Å²) in [5.74, 6) is 2.33. The molecule has 0 atom stereocenters. The topological polar surface area (TPSA) is 35.6 Å². The molecule has 10 rings (SSSR count). The molecule has 0 spiro atoms. The minimum atomic E-state index is 0.0828. The van der Waals surface area contributed by atoms with E-state index in [0.717, 1.165) is 36.7 Å². The van der Waals surface area contributed by atoms with Gasteiger partial charge in [0.2, 0.25) is 0 Å². The third-order valence-electron chi connectivity index (χ3n) is 12.6. The van der Waals surface area contributed by atoms with E-state index in [2.05, 4.69) is 148 Å². The van der Waals surface area contributed by atoms with E-state index in [1.807, 2.05) is 0 Å². The molecule has 3 aliphatic heterocycles. The summed E-state index contributed by atoms with van der Waals surface area (Å²) in [6.07, 6.45) is 3.95. The lowest BCUT2D eigenvalue weighted by atomic mass is 9.33. The Bertz CT molecular complexity index is 2450. The summed E-state index contributed by atoms with van der Waals surface area (Å²) in [6.45, 7) is 31.1. The average Bonchev–Trinajstić information content (AvgIpc) is 3.57. The molecule has 4 aliphatic rings. The number of benzene rings is 4. The standard InChI is InChI=1S/C48H55BN4/c1-44(2,3)22-26-18-35-41-36(19-26)53-38(24-46(7,8)9)51-34-17-15-28-30-21-32-31(47(10,11)25-48(32,12)13)20-29(30)27-14-16-33-42(39(27)49(41)40(28)43(34)53)52(35)37(50-33)23-45(4,5)6/h14-21H,22-25H2,1-13H3. The van der Waals surface area contributed by atoms with Crippen LogP contribution in [0.2, 0.25) is 0 Å². The Hall–Kier alpha value is -4.12. The van der Waals surface area contributed by atoms with Crippen molar-refractivity contribution in [1.82, 2.24) is 19.1 Å². The van der Waals surface area contributed by atoms with E-state index in [0.29, 0.717) is 0 Å². The molecule has 0 saturated carbocycles. The lowest BCUT2D eigenvalue weighted by Crippen LogP contribution is -2.60. The van der Waals surface area contributed by atoms with Crippen LogP contribution in [-0.2, 0) is 30.1 Å². The maximum atomic E-state index is 5.54. The highest BCUT2D eigenvalue weighted by Crippen LogP contribution is 2.53. The van der Waals surface area contributed by atoms with E-state index in [-0.39, 0.29) is 33.8 Å². The Kier molecular flexibility index (Phi) is 6.28. The summed E-state index contributed by atoms with van der Waals surface area (Å²) in [6, 6.07) is 19.8. The van der Waals surface area contributed by atoms with Gasteiger partial charge in [-0.15, -0.1) is 0 Å². The van der Waals surface area contributed by atoms with Crippen molar-refractivity contribution in [3.8, 4) is 33.6 Å². The molecule has 0 unspecified atom stereocenters. The van der Waals surface area contributed by atoms with Gasteiger partial charge in [-0.05, 0) is 132 Å². The summed E-state index contributed by atoms with van der Waals surface area (Å²) >= 11 is 0. The molecule has 4 nitrogen and oxygen atoms in total. The van der Waals surface area contributed by atoms with Gasteiger partial charge in [-0.2, -0.15) is 0 Å². The van der Waals surface area contributed by atoms with Gasteiger partial charge < -0.3 is 0 Å². The first-order chi connectivity index (χ1) is 24.6. The quantitative estimate of drug-likeness (QED) is 0.172. The van der Waals surface area contributed by atoms with Crippen LogP contribution in [0.3, 0.4) is 0 Å². The van der Waals surface area contributed by atoms with Crippen LogP contribution in [0, 0.1) is 16.2 Å². The smallest absolute Gasteiger partial charge is 0.253 e. The predicted molar refractivity (Wildman–Crippen MR) is 225 cm³/mol. The third-order valence-corrected chi connectivity index (χ3v) is 12.6. The van der Waals surface area contributed by atoms with Crippen LogP contribution in [0.4, 0.5) is 0 Å². The van der Waals surface area contributed by atoms with Gasteiger partial charge in [0.25, 0.3) is 6.71 Å². The normalized spacial score (nSPS) is 17.2. The van der Waals surface area contributed by atoms with Crippen LogP contribution in [0.15, 0.2) is 48.5 Å². The monoisotopic (exact) mass is 698 g/mol. The van der Waals surface area contributed by atoms with Gasteiger partial charge in [0.15, 0.2) is 0 Å². The molecule has 4 aromatic carbocycles. The highest BCUT2D eigenvalue weighted by molar-refractivity contribution is 7.02. The fraction of sp³-hybridized carbons (Fsp3) is 0.458. The number of aromatic nitrogens is 4. The molecular weight excluding hydrogens is 643 g/mol. The van der Waals surface area contributed by atoms with Crippen molar-refractivity contribution in [3.05, 3.63) is 76.9 Å². The van der Waals surface area contributed by atoms with Crippen LogP contribution in [0.1, 0.15) is 125 Å². The molecule has 2 aromatic heterocycles. The molecule has 5 heteroatoms. The fourth-order valence-corrected chi connectivity index (χ4v) is 11.2. The molecule has 53 heavy (non-hydrogen) atoms. The molecule has 0 radical (unpaired) electrons. The van der Waals surface area contributed by atoms with Crippen molar-refractivity contribution in [2.75, 3.05) is 0 Å². The third kappa shape index (κ3) is 4.67. The molecular formula is C48H55BN4. The van der Waals surface area contributed by atoms with Crippen molar-refractivity contribution < 1.29 is 0 Å². The minimum Gasteiger partial charge on any atom is -0.297 e. The minimum absolute atomic E-state index is 0.0828. The van der Waals surface area contributed by atoms with Gasteiger partial charge in [-0.3, -0.25) is 9.13 Å². The molecule has 0 fully saturated rings. The van der Waals surface area contributed by atoms with E-state index >= 15 is 0 Å². The number of fused-ring (bicyclic) bond motifs is 6. The van der Waals surface area contributed by atoms with Gasteiger partial charge in [-0.1, -0.05) is 102 Å². The second kappa shape index (κ2) is 9.94. The number of hydrogen-bond donors (Lipinski definition) is 0. The molecule has 270 valence electrons. The van der Waals surface area contributed by atoms with Crippen LogP contribution in [0.5, 0.6) is 0 Å². The largest absolute Gasteiger partial charge is 0.297 e. The van der Waals surface area contributed by atoms with E-state index in [1.165, 1.54) is 89.4 Å². The van der Waals surface area contributed by atoms with Gasteiger partial charge in [-0.25, -0.2) is 9.97 Å². The number of imidazole rings is 2. The second-order valence-electron chi connectivity index (χ2n) is 22.1. The Morgan fingerprint density at radius 2 is 0.962 bits per heavy atom. The maximum Gasteiger partial charge on any atom is 0.253 e. The van der Waals surface area contributed by atoms with E-state index in [9.17, 15) is 0 Å². The summed E-state index contributed by atoms with van der Waals surface area (Å²) in [7, 11) is 0. The number of rotatable bonds is 3. The molecule has 5 heterocycles. The Morgan fingerprint density at radius 1 is 0.547 bits per heavy atom. The second-order valence-corrected chi connectivity index (χ2v) is 22.1. The number of hydrogen-bond acceptors (Lipinski definition) is 2. The summed E-state index contributed by atoms with van der Waals surface area (Å²) in [5, 5.41) is 0. The van der Waals surface area contributed by atoms with Crippen molar-refractivity contribution in [3.63, 3.8) is 0 Å². The van der Waals surface area contributed by atoms with Gasteiger partial charge >= 0.3 is 0 Å². The molecule has 0 N–H and O–H groups in total. The Morgan fingerprint density at radius 3 is 1.36 bits per heavy atom. The lowest BCUT2D eigenvalue weighted by molar-refractivity contribution is 0.399. The highest BCUT2D eigenvalue weighted by Gasteiger charge is 2.48. The first-order valence-electron chi connectivity index (χ1n) is 20.1. The van der Waals surface area contributed by atoms with E-state index in [1.54, 1.807) is 0 Å². The van der Waals surface area contributed by atoms with Crippen molar-refractivity contribution >= 4 is 45.2 Å². The molecule has 0 saturated heterocycles. The summed E-state index contributed by atoms with van der Waals surface area (Å²) in [5.41, 5.74) is 22.1. The Labute approximate surface area is 316 Å². The van der Waals surface area contributed by atoms with Crippen LogP contribution < -0.4 is 16.4 Å². The zero-order valence-electron chi connectivity index (χ0n) is 34.3. The lowest BCUT2D eigenvalue weighted by Gasteiger charge is -2.36. The Balaban J connectivity index is 1.43. The van der Waals surface area contributed by atoms with Gasteiger partial charge in [0.1, 0.15) is 11.6 Å². The molecule has 0 bridgehead atoms. The van der Waals surface area contributed by atoms with Crippen molar-refractivity contribution in [2.24, 2.45) is 16.2 Å². The van der Waals surface area contributed by atoms with Crippen molar-refractivity contribution in [1.29, 1.82) is 0 Å². The molecule has 6 aromatic rings. The maximum absolute atomic E-state index is 5.54. The fourth-order valence-electron chi connectivity index (χ4n) is 11.2. The van der Waals surface area contributed by atoms with Gasteiger partial charge in [0, 0.05) is 24.2 Å². The van der Waals surface area contributed by atoms with Crippen LogP contribution >= 0.6 is 0 Å². The summed E-state index contributed by atoms with van der Waals surface area (Å²) < 4.78 is 5.22. The number of nitrogens with zero attached hydrogens (tertiary/aromatic N) is 4. The molecule has 1 aliphatic carbocycles. The van der Waals surface area contributed by atoms with E-state index < -0.39 is 0 Å². The highest BCUT2D eigenvalue weighted by atomic mass is 15.1. The summed E-state index contributed by atoms with van der Waals surface area (Å²) in [4.78, 5) is 11.1. The van der Waals surface area contributed by atoms with Crippen LogP contribution in [0.25, 0.3) is 55.7 Å². The van der Waals surface area contributed by atoms with Crippen molar-refractivity contribution in [2.45, 2.75) is 127 Å². The first-order valence-corrected chi connectivity index (χ1v) is 20.1. The first kappa shape index (κ1) is 33.5. The average molecular weight is 699 g/mol. The SMILES string of the molecule is CC(C)(C)Cc1cc2c3c(c1)-n1c(CC(C)(C)C)nc4ccc5c(c41)B3c1c(ccc3nc(CC(C)(C)C)n-2c13)-c1cc2c(cc1-5)C(C)(C)CC2(C)C.